The first kappa shape index (κ1) is 14.7. The molecule has 0 saturated heterocycles. The Bertz CT molecular complexity index is 710. The largest absolute Gasteiger partial charge is 0.271 e. The van der Waals surface area contributed by atoms with Crippen molar-refractivity contribution in [2.75, 3.05) is 0 Å². The summed E-state index contributed by atoms with van der Waals surface area (Å²) in [5, 5.41) is 4.09. The second-order valence-corrected chi connectivity index (χ2v) is 6.09. The van der Waals surface area contributed by atoms with Gasteiger partial charge in [0.1, 0.15) is 10.7 Å². The van der Waals surface area contributed by atoms with E-state index in [1.165, 1.54) is 12.3 Å². The highest BCUT2D eigenvalue weighted by Gasteiger charge is 2.20. The van der Waals surface area contributed by atoms with E-state index in [0.29, 0.717) is 17.8 Å². The van der Waals surface area contributed by atoms with Crippen LogP contribution in [0.4, 0.5) is 4.39 Å². The van der Waals surface area contributed by atoms with Gasteiger partial charge in [0.2, 0.25) is 10.0 Å². The van der Waals surface area contributed by atoms with Gasteiger partial charge in [0.05, 0.1) is 5.69 Å². The molecule has 1 heterocycles. The van der Waals surface area contributed by atoms with E-state index in [2.05, 4.69) is 9.82 Å². The van der Waals surface area contributed by atoms with Gasteiger partial charge in [-0.2, -0.15) is 5.10 Å². The minimum absolute atomic E-state index is 0.0915. The zero-order valence-electron chi connectivity index (χ0n) is 11.3. The number of halogens is 1. The Morgan fingerprint density at radius 2 is 2.05 bits per heavy atom. The van der Waals surface area contributed by atoms with Gasteiger partial charge in [-0.1, -0.05) is 18.2 Å². The molecule has 0 radical (unpaired) electrons. The highest BCUT2D eigenvalue weighted by molar-refractivity contribution is 7.89. The molecule has 0 aliphatic rings. The fourth-order valence-electron chi connectivity index (χ4n) is 1.82. The first-order chi connectivity index (χ1) is 9.44. The number of nitrogens with one attached hydrogen (secondary N) is 1. The molecule has 2 rings (SSSR count). The van der Waals surface area contributed by atoms with Crippen LogP contribution in [0.25, 0.3) is 0 Å². The zero-order chi connectivity index (χ0) is 14.8. The van der Waals surface area contributed by atoms with Crippen molar-refractivity contribution in [3.63, 3.8) is 0 Å². The predicted octanol–water partition coefficient (Wildman–Crippen LogP) is 1.83. The van der Waals surface area contributed by atoms with Crippen LogP contribution < -0.4 is 4.72 Å². The highest BCUT2D eigenvalue weighted by Crippen LogP contribution is 2.14. The molecule has 0 saturated carbocycles. The average Bonchev–Trinajstić information content (AvgIpc) is 2.80. The summed E-state index contributed by atoms with van der Waals surface area (Å²) in [6.45, 7) is 3.99. The van der Waals surface area contributed by atoms with Crippen LogP contribution in [0.15, 0.2) is 35.4 Å². The van der Waals surface area contributed by atoms with E-state index in [9.17, 15) is 12.8 Å². The fraction of sp³-hybridized carbons (Fsp3) is 0.308. The Morgan fingerprint density at radius 3 is 2.65 bits per heavy atom. The molecule has 0 amide bonds. The molecule has 1 aromatic heterocycles. The quantitative estimate of drug-likeness (QED) is 0.915. The van der Waals surface area contributed by atoms with E-state index in [1.807, 2.05) is 6.92 Å². The number of aromatic nitrogens is 2. The fourth-order valence-corrected chi connectivity index (χ4v) is 3.01. The van der Waals surface area contributed by atoms with Crippen molar-refractivity contribution < 1.29 is 12.8 Å². The summed E-state index contributed by atoms with van der Waals surface area (Å²) in [4.78, 5) is 0.121. The molecule has 0 atom stereocenters. The molecule has 1 aromatic carbocycles. The van der Waals surface area contributed by atoms with E-state index in [0.717, 1.165) is 0 Å². The second kappa shape index (κ2) is 5.72. The van der Waals surface area contributed by atoms with Crippen LogP contribution in [-0.2, 0) is 23.1 Å². The lowest BCUT2D eigenvalue weighted by molar-refractivity contribution is 0.573. The maximum atomic E-state index is 13.5. The second-order valence-electron chi connectivity index (χ2n) is 4.35. The normalized spacial score (nSPS) is 11.8. The summed E-state index contributed by atoms with van der Waals surface area (Å²) in [6, 6.07) is 6.06. The van der Waals surface area contributed by atoms with Crippen molar-refractivity contribution in [1.29, 1.82) is 0 Å². The van der Waals surface area contributed by atoms with Crippen molar-refractivity contribution in [3.05, 3.63) is 47.5 Å². The van der Waals surface area contributed by atoms with Crippen LogP contribution in [-0.4, -0.2) is 18.2 Å². The van der Waals surface area contributed by atoms with Gasteiger partial charge in [-0.05, 0) is 19.9 Å². The Balaban J connectivity index is 2.19. The van der Waals surface area contributed by atoms with Crippen LogP contribution in [0.2, 0.25) is 0 Å². The molecular formula is C13H16FN3O2S. The zero-order valence-corrected chi connectivity index (χ0v) is 12.1. The molecule has 0 spiro atoms. The summed E-state index contributed by atoms with van der Waals surface area (Å²) in [5.41, 5.74) is 0.726. The van der Waals surface area contributed by atoms with E-state index in [4.69, 9.17) is 0 Å². The van der Waals surface area contributed by atoms with Crippen molar-refractivity contribution in [1.82, 2.24) is 14.5 Å². The van der Waals surface area contributed by atoms with Crippen LogP contribution in [0.1, 0.15) is 18.2 Å². The number of aryl methyl sites for hydroxylation is 2. The number of hydrogen-bond acceptors (Lipinski definition) is 3. The van der Waals surface area contributed by atoms with Crippen LogP contribution in [0.3, 0.4) is 0 Å². The Morgan fingerprint density at radius 1 is 1.35 bits per heavy atom. The van der Waals surface area contributed by atoms with Crippen LogP contribution in [0.5, 0.6) is 0 Å². The number of nitrogens with zero attached hydrogens (tertiary/aromatic N) is 2. The number of hydrogen-bond donors (Lipinski definition) is 1. The summed E-state index contributed by atoms with van der Waals surface area (Å²) in [7, 11) is -3.70. The van der Waals surface area contributed by atoms with Gasteiger partial charge in [-0.3, -0.25) is 4.68 Å². The molecule has 0 aliphatic heterocycles. The third-order valence-corrected chi connectivity index (χ3v) is 4.43. The third-order valence-electron chi connectivity index (χ3n) is 2.93. The van der Waals surface area contributed by atoms with Crippen LogP contribution >= 0.6 is 0 Å². The number of benzene rings is 1. The summed E-state index contributed by atoms with van der Waals surface area (Å²) >= 11 is 0. The van der Waals surface area contributed by atoms with Crippen molar-refractivity contribution in [2.45, 2.75) is 31.8 Å². The van der Waals surface area contributed by atoms with Gasteiger partial charge in [-0.25, -0.2) is 17.5 Å². The Hall–Kier alpha value is -1.73. The standard InChI is InChI=1S/C13H16FN3O2S/c1-3-17-9-13(10(2)16-17)20(18,19)15-8-11-6-4-5-7-12(11)14/h4-7,9,15H,3,8H2,1-2H3. The maximum absolute atomic E-state index is 13.5. The van der Waals surface area contributed by atoms with Gasteiger partial charge < -0.3 is 0 Å². The van der Waals surface area contributed by atoms with Gasteiger partial charge in [0, 0.05) is 24.8 Å². The predicted molar refractivity (Wildman–Crippen MR) is 73.1 cm³/mol. The maximum Gasteiger partial charge on any atom is 0.244 e. The summed E-state index contributed by atoms with van der Waals surface area (Å²) in [5.74, 6) is -0.434. The van der Waals surface area contributed by atoms with Crippen molar-refractivity contribution in [2.24, 2.45) is 0 Å². The molecular weight excluding hydrogens is 281 g/mol. The lowest BCUT2D eigenvalue weighted by Gasteiger charge is -2.06. The van der Waals surface area contributed by atoms with E-state index in [1.54, 1.807) is 29.8 Å². The van der Waals surface area contributed by atoms with Crippen molar-refractivity contribution in [3.8, 4) is 0 Å². The van der Waals surface area contributed by atoms with Crippen LogP contribution in [0, 0.1) is 12.7 Å². The molecule has 2 aromatic rings. The SMILES string of the molecule is CCn1cc(S(=O)(=O)NCc2ccccc2F)c(C)n1. The molecule has 20 heavy (non-hydrogen) atoms. The topological polar surface area (TPSA) is 64.0 Å². The Kier molecular flexibility index (Phi) is 4.20. The lowest BCUT2D eigenvalue weighted by atomic mass is 10.2. The van der Waals surface area contributed by atoms with E-state index < -0.39 is 15.8 Å². The minimum Gasteiger partial charge on any atom is -0.271 e. The molecule has 0 aliphatic carbocycles. The first-order valence-electron chi connectivity index (χ1n) is 6.21. The minimum atomic E-state index is -3.70. The number of sulfonamides is 1. The molecule has 1 N–H and O–H groups in total. The molecule has 0 unspecified atom stereocenters. The van der Waals surface area contributed by atoms with Crippen molar-refractivity contribution >= 4 is 10.0 Å². The lowest BCUT2D eigenvalue weighted by Crippen LogP contribution is -2.24. The molecule has 5 nitrogen and oxygen atoms in total. The monoisotopic (exact) mass is 297 g/mol. The summed E-state index contributed by atoms with van der Waals surface area (Å²) < 4.78 is 41.8. The first-order valence-corrected chi connectivity index (χ1v) is 7.69. The Labute approximate surface area is 117 Å². The molecule has 108 valence electrons. The highest BCUT2D eigenvalue weighted by atomic mass is 32.2. The number of rotatable bonds is 5. The van der Waals surface area contributed by atoms with Gasteiger partial charge in [0.15, 0.2) is 0 Å². The van der Waals surface area contributed by atoms with Gasteiger partial charge in [-0.15, -0.1) is 0 Å². The van der Waals surface area contributed by atoms with Gasteiger partial charge >= 0.3 is 0 Å². The third kappa shape index (κ3) is 3.05. The average molecular weight is 297 g/mol. The van der Waals surface area contributed by atoms with E-state index >= 15 is 0 Å². The van der Waals surface area contributed by atoms with E-state index in [-0.39, 0.29) is 11.4 Å². The smallest absolute Gasteiger partial charge is 0.244 e. The van der Waals surface area contributed by atoms with Gasteiger partial charge in [0.25, 0.3) is 0 Å². The molecule has 7 heteroatoms. The summed E-state index contributed by atoms with van der Waals surface area (Å²) in [6.07, 6.45) is 1.47. The molecule has 0 fully saturated rings. The molecule has 0 bridgehead atoms.